The summed E-state index contributed by atoms with van der Waals surface area (Å²) in [7, 11) is -4.92. The monoisotopic (exact) mass is 382 g/mol. The quantitative estimate of drug-likeness (QED) is 0.236. The summed E-state index contributed by atoms with van der Waals surface area (Å²) in [6.07, 6.45) is 3.49. The first-order chi connectivity index (χ1) is 6.86. The average Bonchev–Trinajstić information content (AvgIpc) is 1.96. The van der Waals surface area contributed by atoms with E-state index in [-0.39, 0.29) is 35.1 Å². The van der Waals surface area contributed by atoms with E-state index in [9.17, 15) is 5.21 Å². The van der Waals surface area contributed by atoms with E-state index in [1.165, 1.54) is 6.42 Å². The SMILES string of the molecule is CC1(C)CCCC(C)(C)[NH+]1O.O=S(=O)([O-])O.[I-]. The van der Waals surface area contributed by atoms with Gasteiger partial charge in [-0.2, -0.15) is 5.06 Å². The van der Waals surface area contributed by atoms with Crippen LogP contribution < -0.4 is 29.0 Å². The summed E-state index contributed by atoms with van der Waals surface area (Å²) in [5, 5.41) is 10.6. The normalized spacial score (nSPS) is 23.0. The number of nitrogens with one attached hydrogen (secondary N) is 1. The van der Waals surface area contributed by atoms with Crippen LogP contribution in [0.2, 0.25) is 0 Å². The van der Waals surface area contributed by atoms with Crippen molar-refractivity contribution in [3.8, 4) is 0 Å². The van der Waals surface area contributed by atoms with Crippen molar-refractivity contribution in [2.45, 2.75) is 58.0 Å². The Bertz CT molecular complexity index is 304. The van der Waals surface area contributed by atoms with Crippen LogP contribution in [0.4, 0.5) is 0 Å². The van der Waals surface area contributed by atoms with Gasteiger partial charge in [-0.15, -0.1) is 0 Å². The molecule has 0 aromatic rings. The maximum Gasteiger partial charge on any atom is 0.215 e. The third-order valence-electron chi connectivity index (χ3n) is 2.89. The van der Waals surface area contributed by atoms with Crippen LogP contribution in [-0.4, -0.2) is 33.8 Å². The summed E-state index contributed by atoms with van der Waals surface area (Å²) in [6, 6.07) is 0. The molecule has 0 radical (unpaired) electrons. The van der Waals surface area contributed by atoms with Gasteiger partial charge in [0.1, 0.15) is 11.1 Å². The average molecular weight is 382 g/mol. The van der Waals surface area contributed by atoms with Crippen LogP contribution in [-0.2, 0) is 10.4 Å². The lowest BCUT2D eigenvalue weighted by Crippen LogP contribution is -3.24. The molecule has 0 atom stereocenters. The van der Waals surface area contributed by atoms with Crippen molar-refractivity contribution in [2.75, 3.05) is 0 Å². The molecule has 6 nitrogen and oxygen atoms in total. The smallest absolute Gasteiger partial charge is 0.215 e. The second kappa shape index (κ2) is 6.62. The summed E-state index contributed by atoms with van der Waals surface area (Å²) in [5.74, 6) is 0. The minimum absolute atomic E-state index is 0. The maximum atomic E-state index is 9.88. The first-order valence-electron chi connectivity index (χ1n) is 5.11. The minimum Gasteiger partial charge on any atom is -1.00 e. The molecule has 1 saturated heterocycles. The summed E-state index contributed by atoms with van der Waals surface area (Å²) in [5.41, 5.74) is 0.0868. The first kappa shape index (κ1) is 19.9. The van der Waals surface area contributed by atoms with Gasteiger partial charge >= 0.3 is 0 Å². The molecular weight excluding hydrogens is 361 g/mol. The van der Waals surface area contributed by atoms with E-state index in [1.807, 2.05) is 0 Å². The second-order valence-corrected chi connectivity index (χ2v) is 6.25. The summed E-state index contributed by atoms with van der Waals surface area (Å²) < 4.78 is 32.8. The van der Waals surface area contributed by atoms with E-state index in [0.29, 0.717) is 5.06 Å². The maximum absolute atomic E-state index is 9.88. The Hall–Kier alpha value is 0.520. The van der Waals surface area contributed by atoms with Crippen LogP contribution in [0, 0.1) is 0 Å². The molecule has 0 aromatic carbocycles. The Morgan fingerprint density at radius 3 is 1.53 bits per heavy atom. The molecule has 1 rings (SSSR count). The van der Waals surface area contributed by atoms with Gasteiger partial charge in [-0.3, -0.25) is 4.55 Å². The highest BCUT2D eigenvalue weighted by molar-refractivity contribution is 7.79. The van der Waals surface area contributed by atoms with Gasteiger partial charge in [-0.05, 0) is 34.1 Å². The largest absolute Gasteiger partial charge is 1.00 e. The summed E-state index contributed by atoms with van der Waals surface area (Å²) in [4.78, 5) is 0. The van der Waals surface area contributed by atoms with Gasteiger partial charge < -0.3 is 28.5 Å². The van der Waals surface area contributed by atoms with Crippen molar-refractivity contribution in [3.63, 3.8) is 0 Å². The van der Waals surface area contributed by atoms with Crippen molar-refractivity contribution in [1.82, 2.24) is 0 Å². The topological polar surface area (TPSA) is 102 Å². The van der Waals surface area contributed by atoms with Crippen molar-refractivity contribution in [2.24, 2.45) is 0 Å². The zero-order chi connectivity index (χ0) is 13.2. The Morgan fingerprint density at radius 1 is 1.12 bits per heavy atom. The molecule has 0 saturated carbocycles. The number of piperidine rings is 1. The molecule has 0 aliphatic carbocycles. The highest BCUT2D eigenvalue weighted by Gasteiger charge is 2.45. The zero-order valence-electron chi connectivity index (χ0n) is 10.5. The predicted molar refractivity (Wildman–Crippen MR) is 57.1 cm³/mol. The molecule has 17 heavy (non-hydrogen) atoms. The molecule has 0 unspecified atom stereocenters. The Kier molecular flexibility index (Phi) is 7.73. The number of hydrogen-bond donors (Lipinski definition) is 3. The molecule has 1 aliphatic rings. The Morgan fingerprint density at radius 2 is 1.35 bits per heavy atom. The molecule has 0 amide bonds. The highest BCUT2D eigenvalue weighted by Crippen LogP contribution is 2.21. The van der Waals surface area contributed by atoms with Gasteiger partial charge in [-0.25, -0.2) is 13.6 Å². The molecule has 1 fully saturated rings. The number of hydrogen-bond acceptors (Lipinski definition) is 4. The van der Waals surface area contributed by atoms with E-state index in [0.717, 1.165) is 12.8 Å². The Balaban J connectivity index is 0. The molecule has 1 heterocycles. The fourth-order valence-electron chi connectivity index (χ4n) is 2.13. The Labute approximate surface area is 120 Å². The number of hydroxylamine groups is 2. The van der Waals surface area contributed by atoms with Gasteiger partial charge in [0.2, 0.25) is 10.4 Å². The van der Waals surface area contributed by atoms with E-state index < -0.39 is 10.4 Å². The molecule has 8 heteroatoms. The molecular formula is C9H21INO5S-. The molecule has 3 N–H and O–H groups in total. The van der Waals surface area contributed by atoms with Crippen LogP contribution >= 0.6 is 0 Å². The predicted octanol–water partition coefficient (Wildman–Crippen LogP) is -2.99. The van der Waals surface area contributed by atoms with Gasteiger partial charge in [0.15, 0.2) is 0 Å². The lowest BCUT2D eigenvalue weighted by atomic mass is 9.82. The lowest BCUT2D eigenvalue weighted by molar-refractivity contribution is -1.16. The highest BCUT2D eigenvalue weighted by atomic mass is 127. The molecule has 0 bridgehead atoms. The van der Waals surface area contributed by atoms with Crippen LogP contribution in [0.25, 0.3) is 0 Å². The van der Waals surface area contributed by atoms with Gasteiger partial charge in [-0.1, -0.05) is 0 Å². The van der Waals surface area contributed by atoms with Gasteiger partial charge in [0, 0.05) is 12.8 Å². The van der Waals surface area contributed by atoms with Crippen molar-refractivity contribution >= 4 is 10.4 Å². The fraction of sp³-hybridized carbons (Fsp3) is 1.00. The summed E-state index contributed by atoms with van der Waals surface area (Å²) >= 11 is 0. The van der Waals surface area contributed by atoms with E-state index in [4.69, 9.17) is 17.5 Å². The zero-order valence-corrected chi connectivity index (χ0v) is 13.5. The van der Waals surface area contributed by atoms with Gasteiger partial charge in [0.05, 0.1) is 0 Å². The standard InChI is InChI=1S/C9H19NO.HI.H2O4S/c1-8(2)6-5-7-9(3,4)10(8)11;;1-5(2,3)4/h11H,5-7H2,1-4H3;1H;(H2,1,2,3,4)/p-1. The van der Waals surface area contributed by atoms with E-state index >= 15 is 0 Å². The van der Waals surface area contributed by atoms with Gasteiger partial charge in [0.25, 0.3) is 0 Å². The van der Waals surface area contributed by atoms with E-state index in [1.54, 1.807) is 0 Å². The van der Waals surface area contributed by atoms with Crippen LogP contribution in [0.15, 0.2) is 0 Å². The van der Waals surface area contributed by atoms with Crippen molar-refractivity contribution in [1.29, 1.82) is 0 Å². The fourth-order valence-corrected chi connectivity index (χ4v) is 2.13. The third kappa shape index (κ3) is 8.27. The summed E-state index contributed by atoms with van der Waals surface area (Å²) in [6.45, 7) is 8.51. The molecule has 106 valence electrons. The molecule has 0 aromatic heterocycles. The molecule has 1 aliphatic heterocycles. The first-order valence-corrected chi connectivity index (χ1v) is 6.48. The number of rotatable bonds is 0. The lowest BCUT2D eigenvalue weighted by Gasteiger charge is -2.43. The minimum atomic E-state index is -4.92. The number of halogens is 1. The second-order valence-electron chi connectivity index (χ2n) is 5.40. The van der Waals surface area contributed by atoms with E-state index in [2.05, 4.69) is 27.7 Å². The van der Waals surface area contributed by atoms with Crippen LogP contribution in [0.3, 0.4) is 0 Å². The number of quaternary nitrogens is 1. The van der Waals surface area contributed by atoms with Crippen molar-refractivity contribution in [3.05, 3.63) is 0 Å². The van der Waals surface area contributed by atoms with Crippen LogP contribution in [0.5, 0.6) is 0 Å². The van der Waals surface area contributed by atoms with Crippen molar-refractivity contribution < 1.29 is 51.8 Å². The van der Waals surface area contributed by atoms with Crippen LogP contribution in [0.1, 0.15) is 47.0 Å². The molecule has 0 spiro atoms. The third-order valence-corrected chi connectivity index (χ3v) is 2.89.